The second-order valence-corrected chi connectivity index (χ2v) is 4.97. The van der Waals surface area contributed by atoms with Gasteiger partial charge in [0.25, 0.3) is 0 Å². The Morgan fingerprint density at radius 2 is 2.10 bits per heavy atom. The first-order valence-corrected chi connectivity index (χ1v) is 6.59. The van der Waals surface area contributed by atoms with Crippen LogP contribution in [0.3, 0.4) is 0 Å². The number of rotatable bonds is 7. The molecule has 5 nitrogen and oxygen atoms in total. The highest BCUT2D eigenvalue weighted by molar-refractivity contribution is 5.80. The van der Waals surface area contributed by atoms with Crippen molar-refractivity contribution in [3.63, 3.8) is 0 Å². The van der Waals surface area contributed by atoms with Gasteiger partial charge in [0.2, 0.25) is 0 Å². The third-order valence-electron chi connectivity index (χ3n) is 3.35. The maximum Gasteiger partial charge on any atom is 0.325 e. The summed E-state index contributed by atoms with van der Waals surface area (Å²) >= 11 is 0. The number of esters is 1. The van der Waals surface area contributed by atoms with Gasteiger partial charge in [-0.2, -0.15) is 0 Å². The quantitative estimate of drug-likeness (QED) is 0.741. The molecule has 1 aromatic rings. The van der Waals surface area contributed by atoms with Gasteiger partial charge in [0.05, 0.1) is 19.8 Å². The average Bonchev–Trinajstić information content (AvgIpc) is 2.46. The van der Waals surface area contributed by atoms with Crippen LogP contribution in [0.5, 0.6) is 5.75 Å². The van der Waals surface area contributed by atoms with E-state index in [4.69, 9.17) is 9.47 Å². The molecule has 0 aliphatic carbocycles. The van der Waals surface area contributed by atoms with Crippen LogP contribution in [0.4, 0.5) is 0 Å². The molecule has 5 heteroatoms. The van der Waals surface area contributed by atoms with Gasteiger partial charge in [0.1, 0.15) is 11.3 Å². The fraction of sp³-hybridized carbons (Fsp3) is 0.533. The third kappa shape index (κ3) is 3.95. The SMILES string of the molecule is CNC(C)(CC(C)Oc1ccccc1CO)C(=O)OC. The third-order valence-corrected chi connectivity index (χ3v) is 3.35. The van der Waals surface area contributed by atoms with Crippen LogP contribution < -0.4 is 10.1 Å². The minimum atomic E-state index is -0.803. The van der Waals surface area contributed by atoms with Crippen LogP contribution in [0.2, 0.25) is 0 Å². The van der Waals surface area contributed by atoms with Gasteiger partial charge in [-0.05, 0) is 27.0 Å². The number of carbonyl (C=O) groups excluding carboxylic acids is 1. The number of likely N-dealkylation sites (N-methyl/N-ethyl adjacent to an activating group) is 1. The van der Waals surface area contributed by atoms with Crippen molar-refractivity contribution in [1.82, 2.24) is 5.32 Å². The number of nitrogens with one attached hydrogen (secondary N) is 1. The molecule has 0 spiro atoms. The maximum absolute atomic E-state index is 11.8. The van der Waals surface area contributed by atoms with Crippen molar-refractivity contribution < 1.29 is 19.4 Å². The molecule has 0 aliphatic heterocycles. The van der Waals surface area contributed by atoms with Crippen molar-refractivity contribution in [1.29, 1.82) is 0 Å². The van der Waals surface area contributed by atoms with Gasteiger partial charge in [0, 0.05) is 12.0 Å². The summed E-state index contributed by atoms with van der Waals surface area (Å²) in [7, 11) is 3.08. The van der Waals surface area contributed by atoms with Crippen LogP contribution in [0.1, 0.15) is 25.8 Å². The van der Waals surface area contributed by atoms with Gasteiger partial charge in [-0.15, -0.1) is 0 Å². The van der Waals surface area contributed by atoms with Crippen molar-refractivity contribution >= 4 is 5.97 Å². The Kier molecular flexibility index (Phi) is 5.98. The number of hydrogen-bond donors (Lipinski definition) is 2. The van der Waals surface area contributed by atoms with Crippen molar-refractivity contribution in [2.24, 2.45) is 0 Å². The Hall–Kier alpha value is -1.59. The van der Waals surface area contributed by atoms with Crippen molar-refractivity contribution in [3.8, 4) is 5.75 Å². The molecule has 1 rings (SSSR count). The average molecular weight is 281 g/mol. The number of benzene rings is 1. The van der Waals surface area contributed by atoms with Gasteiger partial charge >= 0.3 is 5.97 Å². The molecule has 0 aliphatic rings. The van der Waals surface area contributed by atoms with E-state index in [1.54, 1.807) is 26.1 Å². The van der Waals surface area contributed by atoms with Crippen molar-refractivity contribution in [3.05, 3.63) is 29.8 Å². The normalized spacial score (nSPS) is 15.2. The van der Waals surface area contributed by atoms with E-state index >= 15 is 0 Å². The Morgan fingerprint density at radius 3 is 2.65 bits per heavy atom. The molecule has 0 heterocycles. The molecule has 2 atom stereocenters. The van der Waals surface area contributed by atoms with Crippen LogP contribution in [0.15, 0.2) is 24.3 Å². The molecule has 0 radical (unpaired) electrons. The Labute approximate surface area is 119 Å². The Balaban J connectivity index is 2.76. The largest absolute Gasteiger partial charge is 0.490 e. The summed E-state index contributed by atoms with van der Waals surface area (Å²) in [5, 5.41) is 12.2. The molecule has 2 unspecified atom stereocenters. The maximum atomic E-state index is 11.8. The molecule has 0 aromatic heterocycles. The fourth-order valence-corrected chi connectivity index (χ4v) is 2.10. The second-order valence-electron chi connectivity index (χ2n) is 4.97. The smallest absolute Gasteiger partial charge is 0.325 e. The molecule has 112 valence electrons. The number of ether oxygens (including phenoxy) is 2. The molecule has 0 fully saturated rings. The van der Waals surface area contributed by atoms with Gasteiger partial charge in [-0.3, -0.25) is 4.79 Å². The van der Waals surface area contributed by atoms with Gasteiger partial charge < -0.3 is 19.9 Å². The number of aliphatic hydroxyl groups excluding tert-OH is 1. The molecular weight excluding hydrogens is 258 g/mol. The van der Waals surface area contributed by atoms with Gasteiger partial charge in [-0.25, -0.2) is 0 Å². The highest BCUT2D eigenvalue weighted by Gasteiger charge is 2.35. The lowest BCUT2D eigenvalue weighted by Crippen LogP contribution is -2.50. The van der Waals surface area contributed by atoms with Crippen LogP contribution in [-0.2, 0) is 16.1 Å². The van der Waals surface area contributed by atoms with Crippen LogP contribution in [0, 0.1) is 0 Å². The summed E-state index contributed by atoms with van der Waals surface area (Å²) in [6.07, 6.45) is 0.245. The molecule has 1 aromatic carbocycles. The predicted molar refractivity (Wildman–Crippen MR) is 76.6 cm³/mol. The Morgan fingerprint density at radius 1 is 1.45 bits per heavy atom. The first kappa shape index (κ1) is 16.5. The molecule has 0 saturated heterocycles. The minimum Gasteiger partial charge on any atom is -0.490 e. The zero-order valence-corrected chi connectivity index (χ0v) is 12.5. The summed E-state index contributed by atoms with van der Waals surface area (Å²) in [6, 6.07) is 7.30. The van der Waals surface area contributed by atoms with E-state index in [1.165, 1.54) is 7.11 Å². The molecule has 0 bridgehead atoms. The number of para-hydroxylation sites is 1. The first-order chi connectivity index (χ1) is 9.46. The van der Waals surface area contributed by atoms with Crippen LogP contribution in [-0.4, -0.2) is 36.9 Å². The number of aliphatic hydroxyl groups is 1. The number of carbonyl (C=O) groups is 1. The van der Waals surface area contributed by atoms with E-state index in [0.29, 0.717) is 12.2 Å². The lowest BCUT2D eigenvalue weighted by atomic mass is 9.95. The van der Waals surface area contributed by atoms with Gasteiger partial charge in [0.15, 0.2) is 0 Å². The second kappa shape index (κ2) is 7.26. The molecule has 0 saturated carbocycles. The number of methoxy groups -OCH3 is 1. The van der Waals surface area contributed by atoms with Gasteiger partial charge in [-0.1, -0.05) is 18.2 Å². The Bertz CT molecular complexity index is 449. The van der Waals surface area contributed by atoms with E-state index in [1.807, 2.05) is 19.1 Å². The summed E-state index contributed by atoms with van der Waals surface area (Å²) in [5.41, 5.74) is -0.0777. The highest BCUT2D eigenvalue weighted by atomic mass is 16.5. The lowest BCUT2D eigenvalue weighted by molar-refractivity contribution is -0.148. The summed E-state index contributed by atoms with van der Waals surface area (Å²) < 4.78 is 10.6. The summed E-state index contributed by atoms with van der Waals surface area (Å²) in [6.45, 7) is 3.58. The lowest BCUT2D eigenvalue weighted by Gasteiger charge is -2.29. The topological polar surface area (TPSA) is 67.8 Å². The highest BCUT2D eigenvalue weighted by Crippen LogP contribution is 2.22. The molecule has 0 amide bonds. The number of hydrogen-bond acceptors (Lipinski definition) is 5. The van der Waals surface area contributed by atoms with Crippen LogP contribution >= 0.6 is 0 Å². The van der Waals surface area contributed by atoms with E-state index in [-0.39, 0.29) is 18.7 Å². The molecular formula is C15H23NO4. The monoisotopic (exact) mass is 281 g/mol. The summed E-state index contributed by atoms with van der Waals surface area (Å²) in [5.74, 6) is 0.303. The summed E-state index contributed by atoms with van der Waals surface area (Å²) in [4.78, 5) is 11.8. The van der Waals surface area contributed by atoms with Crippen LogP contribution in [0.25, 0.3) is 0 Å². The van der Waals surface area contributed by atoms with E-state index in [9.17, 15) is 9.90 Å². The van der Waals surface area contributed by atoms with E-state index in [0.717, 1.165) is 5.56 Å². The van der Waals surface area contributed by atoms with Crippen molar-refractivity contribution in [2.75, 3.05) is 14.2 Å². The fourth-order valence-electron chi connectivity index (χ4n) is 2.10. The standard InChI is InChI=1S/C15H23NO4/c1-11(9-15(2,16-3)14(18)19-4)20-13-8-6-5-7-12(13)10-17/h5-8,11,16-17H,9-10H2,1-4H3. The van der Waals surface area contributed by atoms with E-state index in [2.05, 4.69) is 5.32 Å². The molecule has 2 N–H and O–H groups in total. The van der Waals surface area contributed by atoms with E-state index < -0.39 is 5.54 Å². The molecule has 20 heavy (non-hydrogen) atoms. The predicted octanol–water partition coefficient (Wildman–Crippen LogP) is 1.49. The zero-order chi connectivity index (χ0) is 15.2. The van der Waals surface area contributed by atoms with Crippen molar-refractivity contribution in [2.45, 2.75) is 38.5 Å². The zero-order valence-electron chi connectivity index (χ0n) is 12.5. The first-order valence-electron chi connectivity index (χ1n) is 6.59. The minimum absolute atomic E-state index is 0.0802.